The SMILES string of the molecule is CCCCCCCCCCCc1c(C=C2C(=O)c3cc(F)c(F)cc3C2=C(C#N)C#N)sc2c1sc1c3c4nsnc4c4c5sc6c(CCCCCCCCCCC)c(C=C7C(=O)c8cc(F)c(F)cc8C7=C(C#N)C#N)sc6c5n(CC(CCCC)CCCCCC)c4c3n(CC(CCCC)CCCCCC)c21. The first-order valence-corrected chi connectivity index (χ1v) is 44.9. The van der Waals surface area contributed by atoms with E-state index in [0.29, 0.717) is 24.7 Å². The van der Waals surface area contributed by atoms with E-state index in [2.05, 4.69) is 50.7 Å². The summed E-state index contributed by atoms with van der Waals surface area (Å²) in [5, 5.41) is 44.3. The molecule has 109 heavy (non-hydrogen) atoms. The van der Waals surface area contributed by atoms with Crippen molar-refractivity contribution in [3.8, 4) is 24.3 Å². The van der Waals surface area contributed by atoms with Crippen LogP contribution < -0.4 is 0 Å². The van der Waals surface area contributed by atoms with Crippen LogP contribution in [0.15, 0.2) is 46.6 Å². The molecule has 19 heteroatoms. The van der Waals surface area contributed by atoms with Gasteiger partial charge in [-0.1, -0.05) is 221 Å². The molecule has 7 aromatic heterocycles. The van der Waals surface area contributed by atoms with Crippen molar-refractivity contribution in [2.45, 2.75) is 286 Å². The molecule has 0 spiro atoms. The van der Waals surface area contributed by atoms with Crippen LogP contribution in [0.1, 0.15) is 313 Å². The van der Waals surface area contributed by atoms with Crippen molar-refractivity contribution in [1.29, 1.82) is 21.0 Å². The molecule has 0 aliphatic heterocycles. The van der Waals surface area contributed by atoms with E-state index >= 15 is 17.6 Å². The number of Topliss-reactive ketones (excluding diaryl/α,β-unsaturated/α-hetero) is 2. The molecular weight excluding hydrogens is 1460 g/mol. The van der Waals surface area contributed by atoms with Crippen LogP contribution in [0, 0.1) is 80.4 Å². The molecule has 0 N–H and O–H groups in total. The normalized spacial score (nSPS) is 14.4. The summed E-state index contributed by atoms with van der Waals surface area (Å²) in [6.07, 6.45) is 42.8. The van der Waals surface area contributed by atoms with Gasteiger partial charge in [0.05, 0.1) is 62.0 Å². The van der Waals surface area contributed by atoms with Crippen LogP contribution in [0.5, 0.6) is 0 Å². The number of carbonyl (C=O) groups is 2. The number of carbonyl (C=O) groups excluding carboxylic acids is 2. The van der Waals surface area contributed by atoms with Crippen molar-refractivity contribution in [3.63, 3.8) is 0 Å². The predicted octanol–water partition coefficient (Wildman–Crippen LogP) is 28.9. The molecule has 3 aromatic carbocycles. The summed E-state index contributed by atoms with van der Waals surface area (Å²) in [6.45, 7) is 15.0. The molecule has 0 saturated carbocycles. The molecular formula is C90H102F4N8O2S5. The van der Waals surface area contributed by atoms with Gasteiger partial charge in [-0.25, -0.2) is 17.6 Å². The zero-order chi connectivity index (χ0) is 76.8. The van der Waals surface area contributed by atoms with Crippen LogP contribution in [0.25, 0.3) is 95.4 Å². The summed E-state index contributed by atoms with van der Waals surface area (Å²) in [7, 11) is 0. The number of fused-ring (bicyclic) bond motifs is 16. The van der Waals surface area contributed by atoms with Gasteiger partial charge in [-0.3, -0.25) is 9.59 Å². The van der Waals surface area contributed by atoms with Gasteiger partial charge >= 0.3 is 0 Å². The number of rotatable bonds is 42. The highest BCUT2D eigenvalue weighted by Gasteiger charge is 2.39. The zero-order valence-electron chi connectivity index (χ0n) is 64.4. The molecule has 2 atom stereocenters. The van der Waals surface area contributed by atoms with Crippen molar-refractivity contribution < 1.29 is 27.2 Å². The van der Waals surface area contributed by atoms with Gasteiger partial charge in [0.25, 0.3) is 0 Å². The Balaban J connectivity index is 1.16. The van der Waals surface area contributed by atoms with Gasteiger partial charge in [0.15, 0.2) is 34.8 Å². The monoisotopic (exact) mass is 1560 g/mol. The quantitative estimate of drug-likeness (QED) is 0.0158. The molecule has 2 unspecified atom stereocenters. The number of ketones is 2. The van der Waals surface area contributed by atoms with Crippen LogP contribution in [-0.4, -0.2) is 29.4 Å². The topological polar surface area (TPSA) is 165 Å². The fraction of sp³-hybridized carbons (Fsp3) is 0.511. The molecule has 2 aliphatic rings. The first-order chi connectivity index (χ1) is 53.2. The lowest BCUT2D eigenvalue weighted by Crippen LogP contribution is -2.14. The number of aromatic nitrogens is 4. The van der Waals surface area contributed by atoms with Crippen LogP contribution >= 0.6 is 57.1 Å². The minimum atomic E-state index is -1.18. The Morgan fingerprint density at radius 2 is 0.706 bits per heavy atom. The van der Waals surface area contributed by atoms with Crippen LogP contribution in [0.4, 0.5) is 17.6 Å². The first kappa shape index (κ1) is 80.9. The Labute approximate surface area is 660 Å². The van der Waals surface area contributed by atoms with E-state index in [1.807, 2.05) is 24.3 Å². The number of nitrogens with zero attached hydrogens (tertiary/aromatic N) is 8. The van der Waals surface area contributed by atoms with Gasteiger partial charge in [-0.15, -0.1) is 45.3 Å². The molecule has 0 saturated heterocycles. The number of hydrogen-bond donors (Lipinski definition) is 0. The van der Waals surface area contributed by atoms with E-state index in [0.717, 1.165) is 284 Å². The average molecular weight is 1560 g/mol. The lowest BCUT2D eigenvalue weighted by molar-refractivity contribution is 0.103. The molecule has 0 radical (unpaired) electrons. The van der Waals surface area contributed by atoms with Crippen molar-refractivity contribution in [1.82, 2.24) is 17.9 Å². The highest BCUT2D eigenvalue weighted by atomic mass is 32.1. The number of benzene rings is 3. The number of unbranched alkanes of at least 4 members (excludes halogenated alkanes) is 24. The number of allylic oxidation sites excluding steroid dienone is 6. The Morgan fingerprint density at radius 1 is 0.394 bits per heavy atom. The number of halogens is 4. The summed E-state index contributed by atoms with van der Waals surface area (Å²) < 4.78 is 84.0. The van der Waals surface area contributed by atoms with Gasteiger partial charge in [0, 0.05) is 67.0 Å². The van der Waals surface area contributed by atoms with E-state index in [1.165, 1.54) is 75.9 Å². The second-order valence-corrected chi connectivity index (χ2v) is 35.3. The zero-order valence-corrected chi connectivity index (χ0v) is 68.5. The number of aryl methyl sites for hydroxylation is 2. The number of hydrogen-bond acceptors (Lipinski definition) is 13. The van der Waals surface area contributed by atoms with E-state index in [4.69, 9.17) is 8.75 Å². The lowest BCUT2D eigenvalue weighted by Gasteiger charge is -2.22. The van der Waals surface area contributed by atoms with Crippen LogP contribution in [0.3, 0.4) is 0 Å². The predicted molar refractivity (Wildman–Crippen MR) is 449 cm³/mol. The second kappa shape index (κ2) is 38.1. The van der Waals surface area contributed by atoms with Crippen molar-refractivity contribution >= 4 is 164 Å². The van der Waals surface area contributed by atoms with E-state index in [9.17, 15) is 30.6 Å². The number of nitriles is 4. The molecule has 2 aliphatic carbocycles. The summed E-state index contributed by atoms with van der Waals surface area (Å²) in [6, 6.07) is 11.7. The third-order valence-electron chi connectivity index (χ3n) is 22.9. The number of thiophene rings is 4. The minimum absolute atomic E-state index is 0.0128. The van der Waals surface area contributed by atoms with Crippen molar-refractivity contribution in [2.75, 3.05) is 0 Å². The van der Waals surface area contributed by atoms with Crippen molar-refractivity contribution in [2.24, 2.45) is 11.8 Å². The Kier molecular flexibility index (Phi) is 28.2. The molecule has 0 fully saturated rings. The highest BCUT2D eigenvalue weighted by molar-refractivity contribution is 7.34. The van der Waals surface area contributed by atoms with Gasteiger partial charge in [-0.2, -0.15) is 29.8 Å². The summed E-state index contributed by atoms with van der Waals surface area (Å²) in [4.78, 5) is 31.4. The summed E-state index contributed by atoms with van der Waals surface area (Å²) in [5.41, 5.74) is 7.61. The van der Waals surface area contributed by atoms with Crippen LogP contribution in [-0.2, 0) is 25.9 Å². The Hall–Kier alpha value is -7.62. The molecule has 572 valence electrons. The standard InChI is InChI=1S/C90H102F4N8O2S5/c1-7-13-19-23-25-27-29-31-35-41-59-71(47-65-73(57(49-95)50-96)61-43-67(91)69(93)45-63(61)83(65)103)105-89-81-87(107-85(59)89)75-77-78(100-109-99-77)76-80(79(75)101(81)53-55(37-17-11-5)39-33-21-15-9-3)102(54-56(38-18-12-6)40-34-22-16-10-4)82-88(76)108-86-60(42-36-32-30-28-26-24-20-14-8-2)72(106-90(82)86)48-66-74(58(51-97)52-98)62-44-68(92)70(94)46-64(62)84(66)104/h43-48,55-56H,7-42,53-54H2,1-6H3. The lowest BCUT2D eigenvalue weighted by atomic mass is 9.94. The van der Waals surface area contributed by atoms with E-state index in [1.54, 1.807) is 57.5 Å². The van der Waals surface area contributed by atoms with Gasteiger partial charge in [0.2, 0.25) is 0 Å². The summed E-state index contributed by atoms with van der Waals surface area (Å²) >= 11 is 8.01. The molecule has 0 amide bonds. The molecule has 10 nitrogen and oxygen atoms in total. The Bertz CT molecular complexity index is 4980. The van der Waals surface area contributed by atoms with Crippen molar-refractivity contribution in [3.05, 3.63) is 113 Å². The summed E-state index contributed by atoms with van der Waals surface area (Å²) in [5.74, 6) is -5.25. The van der Waals surface area contributed by atoms with E-state index < -0.39 is 34.8 Å². The first-order valence-electron chi connectivity index (χ1n) is 40.9. The van der Waals surface area contributed by atoms with Crippen LogP contribution in [0.2, 0.25) is 0 Å². The average Bonchev–Trinajstić information content (AvgIpc) is 1.50. The fourth-order valence-electron chi connectivity index (χ4n) is 17.2. The fourth-order valence-corrected chi connectivity index (χ4v) is 23.6. The maximum atomic E-state index is 15.4. The smallest absolute Gasteiger partial charge is 0.194 e. The van der Waals surface area contributed by atoms with Gasteiger partial charge in [-0.05, 0) is 122 Å². The molecule has 10 aromatic rings. The minimum Gasteiger partial charge on any atom is -0.337 e. The second-order valence-electron chi connectivity index (χ2n) is 30.6. The molecule has 7 heterocycles. The largest absolute Gasteiger partial charge is 0.337 e. The van der Waals surface area contributed by atoms with Gasteiger partial charge in [0.1, 0.15) is 46.5 Å². The third-order valence-corrected chi connectivity index (χ3v) is 28.6. The molecule has 12 rings (SSSR count). The maximum absolute atomic E-state index is 15.4. The third kappa shape index (κ3) is 16.8. The molecule has 0 bridgehead atoms. The van der Waals surface area contributed by atoms with Gasteiger partial charge < -0.3 is 9.13 Å². The Morgan fingerprint density at radius 3 is 1.05 bits per heavy atom. The van der Waals surface area contributed by atoms with E-state index in [-0.39, 0.29) is 55.7 Å². The highest BCUT2D eigenvalue weighted by Crippen LogP contribution is 2.57. The maximum Gasteiger partial charge on any atom is 0.194 e.